The highest BCUT2D eigenvalue weighted by molar-refractivity contribution is 5.89. The van der Waals surface area contributed by atoms with Crippen molar-refractivity contribution < 1.29 is 24.2 Å². The van der Waals surface area contributed by atoms with Gasteiger partial charge in [0.15, 0.2) is 0 Å². The lowest BCUT2D eigenvalue weighted by molar-refractivity contribution is -0.167. The fourth-order valence-electron chi connectivity index (χ4n) is 5.11. The van der Waals surface area contributed by atoms with Gasteiger partial charge in [0, 0.05) is 19.0 Å². The third-order valence-corrected chi connectivity index (χ3v) is 7.40. The van der Waals surface area contributed by atoms with E-state index in [4.69, 9.17) is 4.74 Å². The number of rotatable bonds is 9. The molecular formula is C28H34N2O5. The number of likely N-dealkylation sites (tertiary alicyclic amines) is 1. The van der Waals surface area contributed by atoms with E-state index in [-0.39, 0.29) is 31.5 Å². The van der Waals surface area contributed by atoms with E-state index in [0.717, 1.165) is 28.7 Å². The SMILES string of the molecule is CCC1(C(=O)O)CN(C(=O)C(CCC(C)C)NC(=O)OCC2c3ccccc3-c3ccccc32)C1. The number of carboxylic acid groups (broad SMARTS) is 1. The lowest BCUT2D eigenvalue weighted by Gasteiger charge is -2.47. The number of ether oxygens (including phenoxy) is 1. The van der Waals surface area contributed by atoms with Crippen LogP contribution >= 0.6 is 0 Å². The van der Waals surface area contributed by atoms with E-state index in [1.54, 1.807) is 0 Å². The molecule has 2 aliphatic rings. The molecule has 1 heterocycles. The van der Waals surface area contributed by atoms with Crippen molar-refractivity contribution in [3.63, 3.8) is 0 Å². The Hall–Kier alpha value is -3.35. The van der Waals surface area contributed by atoms with Crippen LogP contribution in [-0.4, -0.2) is 53.7 Å². The third kappa shape index (κ3) is 4.90. The van der Waals surface area contributed by atoms with Crippen LogP contribution in [0.5, 0.6) is 0 Å². The summed E-state index contributed by atoms with van der Waals surface area (Å²) in [6.07, 6.45) is 1.06. The predicted molar refractivity (Wildman–Crippen MR) is 133 cm³/mol. The van der Waals surface area contributed by atoms with Crippen molar-refractivity contribution in [1.82, 2.24) is 10.2 Å². The average molecular weight is 479 g/mol. The van der Waals surface area contributed by atoms with E-state index in [2.05, 4.69) is 43.4 Å². The summed E-state index contributed by atoms with van der Waals surface area (Å²) in [6, 6.07) is 15.5. The number of hydrogen-bond donors (Lipinski definition) is 2. The maximum atomic E-state index is 13.2. The summed E-state index contributed by atoms with van der Waals surface area (Å²) >= 11 is 0. The molecule has 4 rings (SSSR count). The molecule has 0 bridgehead atoms. The lowest BCUT2D eigenvalue weighted by atomic mass is 9.77. The van der Waals surface area contributed by atoms with E-state index < -0.39 is 23.5 Å². The summed E-state index contributed by atoms with van der Waals surface area (Å²) in [7, 11) is 0. The van der Waals surface area contributed by atoms with Crippen molar-refractivity contribution in [1.29, 1.82) is 0 Å². The predicted octanol–water partition coefficient (Wildman–Crippen LogP) is 4.65. The first-order valence-electron chi connectivity index (χ1n) is 12.4. The largest absolute Gasteiger partial charge is 0.481 e. The Balaban J connectivity index is 1.41. The first-order valence-corrected chi connectivity index (χ1v) is 12.4. The Bertz CT molecular complexity index is 1060. The smallest absolute Gasteiger partial charge is 0.407 e. The number of carbonyl (C=O) groups is 3. The molecule has 186 valence electrons. The van der Waals surface area contributed by atoms with Gasteiger partial charge in [0.2, 0.25) is 5.91 Å². The first kappa shape index (κ1) is 24.8. The second-order valence-electron chi connectivity index (χ2n) is 10.1. The molecule has 0 radical (unpaired) electrons. The molecule has 1 aliphatic heterocycles. The molecule has 0 spiro atoms. The molecular weight excluding hydrogens is 444 g/mol. The highest BCUT2D eigenvalue weighted by Crippen LogP contribution is 2.44. The number of benzene rings is 2. The van der Waals surface area contributed by atoms with Gasteiger partial charge in [0.25, 0.3) is 0 Å². The van der Waals surface area contributed by atoms with Crippen LogP contribution in [-0.2, 0) is 14.3 Å². The van der Waals surface area contributed by atoms with Gasteiger partial charge in [-0.1, -0.05) is 69.3 Å². The minimum Gasteiger partial charge on any atom is -0.481 e. The highest BCUT2D eigenvalue weighted by Gasteiger charge is 2.51. The third-order valence-electron chi connectivity index (χ3n) is 7.40. The van der Waals surface area contributed by atoms with Crippen LogP contribution in [0.1, 0.15) is 57.1 Å². The van der Waals surface area contributed by atoms with Gasteiger partial charge >= 0.3 is 12.1 Å². The highest BCUT2D eigenvalue weighted by atomic mass is 16.5. The maximum Gasteiger partial charge on any atom is 0.407 e. The molecule has 0 saturated carbocycles. The molecule has 2 aromatic rings. The van der Waals surface area contributed by atoms with Gasteiger partial charge in [-0.05, 0) is 47.4 Å². The standard InChI is InChI=1S/C28H34N2O5/c1-4-28(26(32)33)16-30(17-28)25(31)24(14-13-18(2)3)29-27(34)35-15-23-21-11-7-5-9-19(21)20-10-6-8-12-22(20)23/h5-12,18,23-24H,4,13-17H2,1-3H3,(H,29,34)(H,32,33). The second-order valence-corrected chi connectivity index (χ2v) is 10.1. The number of nitrogens with zero attached hydrogens (tertiary/aromatic N) is 1. The first-order chi connectivity index (χ1) is 16.8. The monoisotopic (exact) mass is 478 g/mol. The summed E-state index contributed by atoms with van der Waals surface area (Å²) in [5.74, 6) is -0.828. The number of carboxylic acids is 1. The summed E-state index contributed by atoms with van der Waals surface area (Å²) < 4.78 is 5.64. The van der Waals surface area contributed by atoms with Crippen molar-refractivity contribution in [3.05, 3.63) is 59.7 Å². The Labute approximate surface area is 206 Å². The number of amides is 2. The zero-order valence-electron chi connectivity index (χ0n) is 20.6. The summed E-state index contributed by atoms with van der Waals surface area (Å²) in [5, 5.41) is 12.3. The van der Waals surface area contributed by atoms with Gasteiger partial charge in [0.1, 0.15) is 18.1 Å². The minimum atomic E-state index is -0.887. The van der Waals surface area contributed by atoms with E-state index >= 15 is 0 Å². The summed E-state index contributed by atoms with van der Waals surface area (Å²) in [5.41, 5.74) is 3.66. The fraction of sp³-hybridized carbons (Fsp3) is 0.464. The van der Waals surface area contributed by atoms with Crippen LogP contribution < -0.4 is 5.32 Å². The Morgan fingerprint density at radius 1 is 1.03 bits per heavy atom. The molecule has 7 heteroatoms. The molecule has 35 heavy (non-hydrogen) atoms. The summed E-state index contributed by atoms with van der Waals surface area (Å²) in [6.45, 7) is 6.45. The summed E-state index contributed by atoms with van der Waals surface area (Å²) in [4.78, 5) is 39.1. The van der Waals surface area contributed by atoms with Gasteiger partial charge in [-0.15, -0.1) is 0 Å². The molecule has 2 amide bonds. The van der Waals surface area contributed by atoms with E-state index in [1.165, 1.54) is 4.90 Å². The van der Waals surface area contributed by atoms with E-state index in [1.807, 2.05) is 31.2 Å². The number of nitrogens with one attached hydrogen (secondary N) is 1. The van der Waals surface area contributed by atoms with Crippen LogP contribution in [0.15, 0.2) is 48.5 Å². The van der Waals surface area contributed by atoms with E-state index in [9.17, 15) is 19.5 Å². The number of aliphatic carboxylic acids is 1. The molecule has 1 atom stereocenters. The van der Waals surface area contributed by atoms with Crippen LogP contribution in [0.4, 0.5) is 4.79 Å². The number of carbonyl (C=O) groups excluding carboxylic acids is 2. The molecule has 2 N–H and O–H groups in total. The molecule has 0 aromatic heterocycles. The normalized spacial score (nSPS) is 16.7. The van der Waals surface area contributed by atoms with Crippen molar-refractivity contribution in [2.24, 2.45) is 11.3 Å². The molecule has 7 nitrogen and oxygen atoms in total. The van der Waals surface area contributed by atoms with Crippen LogP contribution in [0, 0.1) is 11.3 Å². The van der Waals surface area contributed by atoms with Crippen LogP contribution in [0.25, 0.3) is 11.1 Å². The number of fused-ring (bicyclic) bond motifs is 3. The van der Waals surface area contributed by atoms with Crippen LogP contribution in [0.3, 0.4) is 0 Å². The van der Waals surface area contributed by atoms with Gasteiger partial charge in [-0.25, -0.2) is 4.79 Å². The van der Waals surface area contributed by atoms with Crippen molar-refractivity contribution >= 4 is 18.0 Å². The van der Waals surface area contributed by atoms with Gasteiger partial charge in [-0.2, -0.15) is 0 Å². The Morgan fingerprint density at radius 2 is 1.60 bits per heavy atom. The molecule has 1 saturated heterocycles. The minimum absolute atomic E-state index is 0.0610. The molecule has 1 aliphatic carbocycles. The Morgan fingerprint density at radius 3 is 2.11 bits per heavy atom. The van der Waals surface area contributed by atoms with Crippen LogP contribution in [0.2, 0.25) is 0 Å². The average Bonchev–Trinajstić information content (AvgIpc) is 3.13. The van der Waals surface area contributed by atoms with Gasteiger partial charge in [-0.3, -0.25) is 9.59 Å². The van der Waals surface area contributed by atoms with Crippen molar-refractivity contribution in [2.45, 2.75) is 52.0 Å². The number of alkyl carbamates (subject to hydrolysis) is 1. The number of hydrogen-bond acceptors (Lipinski definition) is 4. The zero-order valence-corrected chi connectivity index (χ0v) is 20.6. The quantitative estimate of drug-likeness (QED) is 0.547. The lowest BCUT2D eigenvalue weighted by Crippen LogP contribution is -2.65. The maximum absolute atomic E-state index is 13.2. The second kappa shape index (κ2) is 10.1. The van der Waals surface area contributed by atoms with Gasteiger partial charge in [0.05, 0.1) is 0 Å². The molecule has 1 unspecified atom stereocenters. The van der Waals surface area contributed by atoms with E-state index in [0.29, 0.717) is 18.8 Å². The topological polar surface area (TPSA) is 95.9 Å². The molecule has 2 aromatic carbocycles. The zero-order chi connectivity index (χ0) is 25.2. The van der Waals surface area contributed by atoms with Crippen molar-refractivity contribution in [3.8, 4) is 11.1 Å². The van der Waals surface area contributed by atoms with Gasteiger partial charge < -0.3 is 20.1 Å². The Kier molecular flexibility index (Phi) is 7.15. The fourth-order valence-corrected chi connectivity index (χ4v) is 5.11. The van der Waals surface area contributed by atoms with Crippen molar-refractivity contribution in [2.75, 3.05) is 19.7 Å². The molecule has 1 fully saturated rings.